The minimum atomic E-state index is -0.0942. The maximum absolute atomic E-state index is 12.6. The van der Waals surface area contributed by atoms with Crippen molar-refractivity contribution >= 4 is 28.8 Å². The summed E-state index contributed by atoms with van der Waals surface area (Å²) in [6.45, 7) is 5.17. The summed E-state index contributed by atoms with van der Waals surface area (Å²) < 4.78 is 0. The molecule has 1 aliphatic rings. The van der Waals surface area contributed by atoms with Gasteiger partial charge < -0.3 is 15.5 Å². The number of nitrogens with zero attached hydrogens (tertiary/aromatic N) is 1. The molecule has 1 aromatic heterocycles. The summed E-state index contributed by atoms with van der Waals surface area (Å²) in [6.07, 6.45) is 6.01. The molecule has 1 saturated heterocycles. The van der Waals surface area contributed by atoms with E-state index in [4.69, 9.17) is 0 Å². The van der Waals surface area contributed by atoms with Crippen molar-refractivity contribution in [2.24, 2.45) is 0 Å². The van der Waals surface area contributed by atoms with E-state index in [0.717, 1.165) is 32.5 Å². The van der Waals surface area contributed by atoms with Gasteiger partial charge >= 0.3 is 0 Å². The fraction of sp³-hybridized carbons (Fsp3) is 0.478. The Balaban J connectivity index is 1.44. The van der Waals surface area contributed by atoms with Gasteiger partial charge in [0.1, 0.15) is 0 Å². The van der Waals surface area contributed by atoms with Crippen molar-refractivity contribution in [1.82, 2.24) is 10.2 Å². The van der Waals surface area contributed by atoms with Crippen LogP contribution >= 0.6 is 11.3 Å². The monoisotopic (exact) mass is 413 g/mol. The summed E-state index contributed by atoms with van der Waals surface area (Å²) in [6, 6.07) is 11.4. The van der Waals surface area contributed by atoms with Gasteiger partial charge in [-0.15, -0.1) is 11.3 Å². The lowest BCUT2D eigenvalue weighted by molar-refractivity contribution is -0.116. The summed E-state index contributed by atoms with van der Waals surface area (Å²) in [4.78, 5) is 28.5. The van der Waals surface area contributed by atoms with E-state index in [1.54, 1.807) is 23.5 Å². The first-order valence-electron chi connectivity index (χ1n) is 10.6. The number of amides is 2. The molecule has 29 heavy (non-hydrogen) atoms. The number of anilines is 1. The highest BCUT2D eigenvalue weighted by atomic mass is 32.1. The molecule has 2 aromatic rings. The Kier molecular flexibility index (Phi) is 8.25. The first-order chi connectivity index (χ1) is 14.1. The lowest BCUT2D eigenvalue weighted by Gasteiger charge is -2.29. The average molecular weight is 414 g/mol. The highest BCUT2D eigenvalue weighted by Crippen LogP contribution is 2.15. The summed E-state index contributed by atoms with van der Waals surface area (Å²) in [5.41, 5.74) is 1.24. The van der Waals surface area contributed by atoms with Gasteiger partial charge in [0.15, 0.2) is 0 Å². The van der Waals surface area contributed by atoms with Gasteiger partial charge in [0.2, 0.25) is 5.91 Å². The van der Waals surface area contributed by atoms with E-state index in [9.17, 15) is 9.59 Å². The van der Waals surface area contributed by atoms with Crippen LogP contribution in [0.5, 0.6) is 0 Å². The summed E-state index contributed by atoms with van der Waals surface area (Å²) in [7, 11) is 0. The van der Waals surface area contributed by atoms with Crippen LogP contribution in [-0.4, -0.2) is 42.4 Å². The molecule has 1 atom stereocenters. The van der Waals surface area contributed by atoms with E-state index < -0.39 is 0 Å². The zero-order chi connectivity index (χ0) is 20.5. The number of rotatable bonds is 9. The molecule has 2 amide bonds. The molecule has 2 heterocycles. The number of carbonyl (C=O) groups excluding carboxylic acids is 2. The lowest BCUT2D eigenvalue weighted by Crippen LogP contribution is -2.43. The second kappa shape index (κ2) is 11.1. The number of piperidine rings is 1. The predicted octanol–water partition coefficient (Wildman–Crippen LogP) is 4.31. The van der Waals surface area contributed by atoms with Crippen LogP contribution < -0.4 is 10.6 Å². The molecule has 3 rings (SSSR count). The van der Waals surface area contributed by atoms with Crippen LogP contribution in [0.4, 0.5) is 5.69 Å². The first-order valence-corrected chi connectivity index (χ1v) is 11.4. The summed E-state index contributed by atoms with van der Waals surface area (Å²) in [5, 5.41) is 8.05. The van der Waals surface area contributed by atoms with Gasteiger partial charge in [-0.2, -0.15) is 0 Å². The molecule has 1 aliphatic heterocycles. The van der Waals surface area contributed by atoms with Crippen LogP contribution in [-0.2, 0) is 11.2 Å². The molecular formula is C23H31N3O2S. The largest absolute Gasteiger partial charge is 0.348 e. The van der Waals surface area contributed by atoms with Crippen LogP contribution in [0, 0.1) is 0 Å². The second-order valence-electron chi connectivity index (χ2n) is 7.80. The number of hydrogen-bond donors (Lipinski definition) is 2. The molecule has 0 spiro atoms. The molecule has 0 aliphatic carbocycles. The number of hydrogen-bond acceptors (Lipinski definition) is 4. The predicted molar refractivity (Wildman–Crippen MR) is 120 cm³/mol. The summed E-state index contributed by atoms with van der Waals surface area (Å²) in [5.74, 6) is -0.110. The minimum absolute atomic E-state index is 0.0161. The van der Waals surface area contributed by atoms with Crippen LogP contribution in [0.15, 0.2) is 41.8 Å². The zero-order valence-corrected chi connectivity index (χ0v) is 18.0. The Morgan fingerprint density at radius 1 is 1.14 bits per heavy atom. The molecule has 6 heteroatoms. The average Bonchev–Trinajstić information content (AvgIpc) is 3.22. The maximum Gasteiger partial charge on any atom is 0.251 e. The molecule has 0 saturated carbocycles. The number of thiophene rings is 1. The van der Waals surface area contributed by atoms with E-state index in [-0.39, 0.29) is 17.9 Å². The van der Waals surface area contributed by atoms with Crippen molar-refractivity contribution in [2.45, 2.75) is 51.5 Å². The minimum Gasteiger partial charge on any atom is -0.348 e. The third-order valence-corrected chi connectivity index (χ3v) is 6.11. The van der Waals surface area contributed by atoms with Crippen molar-refractivity contribution in [3.05, 3.63) is 52.2 Å². The molecular weight excluding hydrogens is 382 g/mol. The van der Waals surface area contributed by atoms with E-state index in [0.29, 0.717) is 17.7 Å². The molecule has 0 radical (unpaired) electrons. The van der Waals surface area contributed by atoms with Crippen molar-refractivity contribution < 1.29 is 9.59 Å². The Bertz CT molecular complexity index is 785. The Labute approximate surface area is 177 Å². The fourth-order valence-electron chi connectivity index (χ4n) is 3.72. The van der Waals surface area contributed by atoms with Crippen LogP contribution in [0.25, 0.3) is 0 Å². The highest BCUT2D eigenvalue weighted by molar-refractivity contribution is 7.09. The van der Waals surface area contributed by atoms with Gasteiger partial charge in [-0.3, -0.25) is 9.59 Å². The molecule has 1 unspecified atom stereocenters. The smallest absolute Gasteiger partial charge is 0.251 e. The zero-order valence-electron chi connectivity index (χ0n) is 17.2. The van der Waals surface area contributed by atoms with Gasteiger partial charge in [0.25, 0.3) is 5.91 Å². The topological polar surface area (TPSA) is 61.4 Å². The molecule has 1 fully saturated rings. The maximum atomic E-state index is 12.6. The van der Waals surface area contributed by atoms with E-state index in [2.05, 4.69) is 27.0 Å². The van der Waals surface area contributed by atoms with Crippen molar-refractivity contribution in [3.8, 4) is 0 Å². The second-order valence-corrected chi connectivity index (χ2v) is 8.83. The number of carbonyl (C=O) groups is 2. The number of benzene rings is 1. The van der Waals surface area contributed by atoms with Crippen LogP contribution in [0.3, 0.4) is 0 Å². The fourth-order valence-corrected chi connectivity index (χ4v) is 4.47. The Hall–Kier alpha value is -2.18. The number of likely N-dealkylation sites (tertiary alicyclic amines) is 1. The lowest BCUT2D eigenvalue weighted by atomic mass is 10.1. The number of aryl methyl sites for hydroxylation is 1. The third-order valence-electron chi connectivity index (χ3n) is 5.17. The standard InChI is InChI=1S/C23H31N3O2S/c1-18(17-26-13-3-2-4-14-26)24-23(28)19-8-5-9-20(16-19)25-22(27)12-6-10-21-11-7-15-29-21/h5,7-9,11,15-16,18H,2-4,6,10,12-14,17H2,1H3,(H,24,28)(H,25,27). The van der Waals surface area contributed by atoms with Crippen LogP contribution in [0.1, 0.15) is 54.3 Å². The molecule has 156 valence electrons. The molecule has 2 N–H and O–H groups in total. The Morgan fingerprint density at radius 2 is 1.97 bits per heavy atom. The van der Waals surface area contributed by atoms with Crippen molar-refractivity contribution in [1.29, 1.82) is 0 Å². The molecule has 0 bridgehead atoms. The van der Waals surface area contributed by atoms with Gasteiger partial charge in [-0.1, -0.05) is 18.6 Å². The highest BCUT2D eigenvalue weighted by Gasteiger charge is 2.16. The quantitative estimate of drug-likeness (QED) is 0.644. The van der Waals surface area contributed by atoms with Gasteiger partial charge in [0, 0.05) is 35.1 Å². The molecule has 1 aromatic carbocycles. The van der Waals surface area contributed by atoms with E-state index in [1.807, 2.05) is 25.1 Å². The normalized spacial score (nSPS) is 15.6. The Morgan fingerprint density at radius 3 is 2.72 bits per heavy atom. The van der Waals surface area contributed by atoms with E-state index in [1.165, 1.54) is 24.1 Å². The number of nitrogens with one attached hydrogen (secondary N) is 2. The van der Waals surface area contributed by atoms with Crippen molar-refractivity contribution in [2.75, 3.05) is 25.0 Å². The van der Waals surface area contributed by atoms with Gasteiger partial charge in [0.05, 0.1) is 0 Å². The van der Waals surface area contributed by atoms with Crippen molar-refractivity contribution in [3.63, 3.8) is 0 Å². The van der Waals surface area contributed by atoms with Gasteiger partial charge in [-0.05, 0) is 75.3 Å². The summed E-state index contributed by atoms with van der Waals surface area (Å²) >= 11 is 1.72. The van der Waals surface area contributed by atoms with Gasteiger partial charge in [-0.25, -0.2) is 0 Å². The van der Waals surface area contributed by atoms with E-state index >= 15 is 0 Å². The van der Waals surface area contributed by atoms with Crippen LogP contribution in [0.2, 0.25) is 0 Å². The third kappa shape index (κ3) is 7.29. The first kappa shape index (κ1) is 21.5. The molecule has 5 nitrogen and oxygen atoms in total. The SMILES string of the molecule is CC(CN1CCCCC1)NC(=O)c1cccc(NC(=O)CCCc2cccs2)c1.